The second-order valence-corrected chi connectivity index (χ2v) is 5.23. The fourth-order valence-corrected chi connectivity index (χ4v) is 1.89. The van der Waals surface area contributed by atoms with Crippen molar-refractivity contribution in [3.63, 3.8) is 0 Å². The molecule has 116 valence electrons. The zero-order chi connectivity index (χ0) is 15.7. The molecule has 0 fully saturated rings. The van der Waals surface area contributed by atoms with Gasteiger partial charge in [0, 0.05) is 13.1 Å². The van der Waals surface area contributed by atoms with Crippen LogP contribution in [0.1, 0.15) is 37.3 Å². The van der Waals surface area contributed by atoms with E-state index in [1.54, 1.807) is 0 Å². The zero-order valence-corrected chi connectivity index (χ0v) is 13.0. The SMILES string of the molecule is CCCNC(=O)CNC(=O)NC[C@@H](C)c1cccc(C)c1. The van der Waals surface area contributed by atoms with Crippen molar-refractivity contribution in [2.45, 2.75) is 33.1 Å². The van der Waals surface area contributed by atoms with Crippen molar-refractivity contribution in [1.82, 2.24) is 16.0 Å². The minimum atomic E-state index is -0.318. The highest BCUT2D eigenvalue weighted by molar-refractivity contribution is 5.83. The maximum atomic E-state index is 11.6. The van der Waals surface area contributed by atoms with E-state index in [0.717, 1.165) is 6.42 Å². The molecule has 0 spiro atoms. The molecule has 0 aliphatic carbocycles. The van der Waals surface area contributed by atoms with Gasteiger partial charge in [-0.15, -0.1) is 0 Å². The summed E-state index contributed by atoms with van der Waals surface area (Å²) in [5.74, 6) is 0.0586. The van der Waals surface area contributed by atoms with Crippen LogP contribution in [0.15, 0.2) is 24.3 Å². The Morgan fingerprint density at radius 2 is 1.95 bits per heavy atom. The van der Waals surface area contributed by atoms with E-state index >= 15 is 0 Å². The van der Waals surface area contributed by atoms with E-state index < -0.39 is 0 Å². The fraction of sp³-hybridized carbons (Fsp3) is 0.500. The first-order valence-electron chi connectivity index (χ1n) is 7.38. The maximum Gasteiger partial charge on any atom is 0.315 e. The summed E-state index contributed by atoms with van der Waals surface area (Å²) in [7, 11) is 0. The monoisotopic (exact) mass is 291 g/mol. The average Bonchev–Trinajstić information content (AvgIpc) is 2.48. The number of carbonyl (C=O) groups excluding carboxylic acids is 2. The van der Waals surface area contributed by atoms with Gasteiger partial charge in [0.25, 0.3) is 0 Å². The standard InChI is InChI=1S/C16H25N3O2/c1-4-8-17-15(20)11-19-16(21)18-10-13(3)14-7-5-6-12(2)9-14/h5-7,9,13H,4,8,10-11H2,1-3H3,(H,17,20)(H2,18,19,21)/t13-/m1/s1. The molecule has 0 radical (unpaired) electrons. The topological polar surface area (TPSA) is 70.2 Å². The molecule has 0 aliphatic rings. The van der Waals surface area contributed by atoms with Crippen LogP contribution >= 0.6 is 0 Å². The van der Waals surface area contributed by atoms with Crippen LogP contribution in [0.3, 0.4) is 0 Å². The molecule has 0 saturated heterocycles. The number of rotatable bonds is 7. The highest BCUT2D eigenvalue weighted by atomic mass is 16.2. The molecule has 1 atom stereocenters. The molecule has 5 nitrogen and oxygen atoms in total. The van der Waals surface area contributed by atoms with E-state index in [2.05, 4.69) is 35.0 Å². The summed E-state index contributed by atoms with van der Waals surface area (Å²) in [5.41, 5.74) is 2.40. The second-order valence-electron chi connectivity index (χ2n) is 5.23. The van der Waals surface area contributed by atoms with Gasteiger partial charge in [0.1, 0.15) is 0 Å². The number of hydrogen-bond donors (Lipinski definition) is 3. The summed E-state index contributed by atoms with van der Waals surface area (Å²) < 4.78 is 0. The number of hydrogen-bond acceptors (Lipinski definition) is 2. The summed E-state index contributed by atoms with van der Waals surface area (Å²) >= 11 is 0. The van der Waals surface area contributed by atoms with Crippen molar-refractivity contribution < 1.29 is 9.59 Å². The third-order valence-corrected chi connectivity index (χ3v) is 3.16. The molecule has 1 aromatic carbocycles. The van der Waals surface area contributed by atoms with Gasteiger partial charge in [-0.1, -0.05) is 43.7 Å². The van der Waals surface area contributed by atoms with Gasteiger partial charge in [-0.25, -0.2) is 4.79 Å². The lowest BCUT2D eigenvalue weighted by Crippen LogP contribution is -2.43. The van der Waals surface area contributed by atoms with E-state index in [-0.39, 0.29) is 24.4 Å². The Morgan fingerprint density at radius 3 is 2.62 bits per heavy atom. The molecule has 0 unspecified atom stereocenters. The Balaban J connectivity index is 2.28. The van der Waals surface area contributed by atoms with Gasteiger partial charge in [0.2, 0.25) is 5.91 Å². The highest BCUT2D eigenvalue weighted by Crippen LogP contribution is 2.15. The molecular weight excluding hydrogens is 266 g/mol. The quantitative estimate of drug-likeness (QED) is 0.718. The van der Waals surface area contributed by atoms with Gasteiger partial charge in [-0.2, -0.15) is 0 Å². The first-order chi connectivity index (χ1) is 10.0. The molecule has 0 heterocycles. The number of nitrogens with one attached hydrogen (secondary N) is 3. The summed E-state index contributed by atoms with van der Waals surface area (Å²) in [6.45, 7) is 7.25. The lowest BCUT2D eigenvalue weighted by Gasteiger charge is -2.14. The van der Waals surface area contributed by atoms with Crippen LogP contribution in [0, 0.1) is 6.92 Å². The van der Waals surface area contributed by atoms with Crippen LogP contribution in [0.5, 0.6) is 0 Å². The molecule has 21 heavy (non-hydrogen) atoms. The van der Waals surface area contributed by atoms with Gasteiger partial charge in [0.15, 0.2) is 0 Å². The highest BCUT2D eigenvalue weighted by Gasteiger charge is 2.08. The van der Waals surface area contributed by atoms with Crippen molar-refractivity contribution in [3.05, 3.63) is 35.4 Å². The lowest BCUT2D eigenvalue weighted by molar-refractivity contribution is -0.120. The minimum Gasteiger partial charge on any atom is -0.355 e. The summed E-state index contributed by atoms with van der Waals surface area (Å²) in [4.78, 5) is 23.0. The van der Waals surface area contributed by atoms with Crippen LogP contribution in [-0.4, -0.2) is 31.6 Å². The third kappa shape index (κ3) is 6.79. The van der Waals surface area contributed by atoms with Gasteiger partial charge in [-0.3, -0.25) is 4.79 Å². The number of urea groups is 1. The Bertz CT molecular complexity index is 474. The van der Waals surface area contributed by atoms with Crippen LogP contribution in [0.25, 0.3) is 0 Å². The molecule has 5 heteroatoms. The Morgan fingerprint density at radius 1 is 1.19 bits per heavy atom. The van der Waals surface area contributed by atoms with Crippen LogP contribution in [0.2, 0.25) is 0 Å². The third-order valence-electron chi connectivity index (χ3n) is 3.16. The summed E-state index contributed by atoms with van der Waals surface area (Å²) in [6, 6.07) is 7.91. The predicted molar refractivity (Wildman–Crippen MR) is 84.3 cm³/mol. The molecule has 0 aromatic heterocycles. The second kappa shape index (κ2) is 9.00. The maximum absolute atomic E-state index is 11.6. The zero-order valence-electron chi connectivity index (χ0n) is 13.0. The molecule has 0 bridgehead atoms. The van der Waals surface area contributed by atoms with Gasteiger partial charge < -0.3 is 16.0 Å². The average molecular weight is 291 g/mol. The van der Waals surface area contributed by atoms with Crippen molar-refractivity contribution >= 4 is 11.9 Å². The number of benzene rings is 1. The van der Waals surface area contributed by atoms with E-state index in [4.69, 9.17) is 0 Å². The Labute approximate surface area is 126 Å². The number of amides is 3. The van der Waals surface area contributed by atoms with Crippen LogP contribution in [0.4, 0.5) is 4.79 Å². The van der Waals surface area contributed by atoms with Crippen LogP contribution < -0.4 is 16.0 Å². The van der Waals surface area contributed by atoms with Gasteiger partial charge in [0.05, 0.1) is 6.54 Å². The number of carbonyl (C=O) groups is 2. The van der Waals surface area contributed by atoms with Gasteiger partial charge >= 0.3 is 6.03 Å². The van der Waals surface area contributed by atoms with E-state index in [9.17, 15) is 9.59 Å². The molecule has 0 saturated carbocycles. The van der Waals surface area contributed by atoms with Crippen molar-refractivity contribution in [1.29, 1.82) is 0 Å². The first kappa shape index (κ1) is 17.0. The molecule has 3 amide bonds. The Hall–Kier alpha value is -2.04. The summed E-state index contributed by atoms with van der Waals surface area (Å²) in [6.07, 6.45) is 0.881. The van der Waals surface area contributed by atoms with E-state index in [1.165, 1.54) is 11.1 Å². The van der Waals surface area contributed by atoms with Crippen LogP contribution in [-0.2, 0) is 4.79 Å². The molecule has 1 aromatic rings. The van der Waals surface area contributed by atoms with Gasteiger partial charge in [-0.05, 0) is 24.8 Å². The predicted octanol–water partition coefficient (Wildman–Crippen LogP) is 1.92. The first-order valence-corrected chi connectivity index (χ1v) is 7.38. The van der Waals surface area contributed by atoms with E-state index in [0.29, 0.717) is 13.1 Å². The number of aryl methyl sites for hydroxylation is 1. The van der Waals surface area contributed by atoms with Crippen molar-refractivity contribution in [2.24, 2.45) is 0 Å². The van der Waals surface area contributed by atoms with Crippen molar-refractivity contribution in [3.8, 4) is 0 Å². The smallest absolute Gasteiger partial charge is 0.315 e. The van der Waals surface area contributed by atoms with Crippen molar-refractivity contribution in [2.75, 3.05) is 19.6 Å². The summed E-state index contributed by atoms with van der Waals surface area (Å²) in [5, 5.41) is 8.03. The largest absolute Gasteiger partial charge is 0.355 e. The minimum absolute atomic E-state index is 0.00462. The normalized spacial score (nSPS) is 11.6. The lowest BCUT2D eigenvalue weighted by atomic mass is 9.99. The molecule has 1 rings (SSSR count). The fourth-order valence-electron chi connectivity index (χ4n) is 1.89. The molecular formula is C16H25N3O2. The molecule has 3 N–H and O–H groups in total. The Kier molecular flexibility index (Phi) is 7.29. The van der Waals surface area contributed by atoms with E-state index in [1.807, 2.05) is 26.0 Å². The molecule has 0 aliphatic heterocycles.